The molecule has 0 radical (unpaired) electrons. The molecule has 17 heteroatoms. The minimum absolute atomic E-state index is 0.0760. The Morgan fingerprint density at radius 2 is 1.42 bits per heavy atom. The molecule has 0 bridgehead atoms. The molecule has 0 aromatic heterocycles. The standard InChI is InChI=1S/C45H64N10O7/c1-29(56)50-35(26-30-14-5-2-6-15-30)40(58)52-34-21-12-23-48-39(57)33(20-11-24-49-45(46)47)51-41(59)36(27-31-16-7-3-8-17-31)53-42(60)37(28-32-18-9-4-10-19-32)54-43(61)38-22-13-25-55(38)44(34)62/h2-3,5-8,14-17,32-38H,4,9-13,18-28H2,1H3,(H,48,57)(H,50,56)(H,51,59)(H,52,58)(H,53,60)(H,54,61)(H4,46,47,49)/t33-,34?,35-,36-,37+,38-/m0/s1. The van der Waals surface area contributed by atoms with Crippen LogP contribution in [0.3, 0.4) is 0 Å². The molecule has 1 unspecified atom stereocenters. The molecule has 62 heavy (non-hydrogen) atoms. The Hall–Kier alpha value is -6.00. The van der Waals surface area contributed by atoms with Gasteiger partial charge in [-0.2, -0.15) is 0 Å². The summed E-state index contributed by atoms with van der Waals surface area (Å²) in [7, 11) is 0. The van der Waals surface area contributed by atoms with Crippen LogP contribution in [0.15, 0.2) is 60.7 Å². The molecule has 336 valence electrons. The molecule has 5 rings (SSSR count). The first-order chi connectivity index (χ1) is 29.9. The maximum absolute atomic E-state index is 14.5. The van der Waals surface area contributed by atoms with Gasteiger partial charge in [0.25, 0.3) is 0 Å². The summed E-state index contributed by atoms with van der Waals surface area (Å²) >= 11 is 0. The van der Waals surface area contributed by atoms with Gasteiger partial charge in [-0.15, -0.1) is 0 Å². The van der Waals surface area contributed by atoms with Crippen LogP contribution in [0, 0.1) is 11.3 Å². The van der Waals surface area contributed by atoms with Crippen LogP contribution in [-0.2, 0) is 46.4 Å². The number of nitrogens with zero attached hydrogens (tertiary/aromatic N) is 1. The van der Waals surface area contributed by atoms with Crippen molar-refractivity contribution in [1.82, 2.24) is 42.1 Å². The van der Waals surface area contributed by atoms with Crippen LogP contribution in [0.5, 0.6) is 0 Å². The number of nitrogens with two attached hydrogens (primary N) is 1. The summed E-state index contributed by atoms with van der Waals surface area (Å²) < 4.78 is 0. The average molecular weight is 857 g/mol. The quantitative estimate of drug-likeness (QED) is 0.0792. The van der Waals surface area contributed by atoms with E-state index in [-0.39, 0.29) is 63.6 Å². The first kappa shape index (κ1) is 47.1. The number of rotatable bonds is 13. The Labute approximate surface area is 363 Å². The highest BCUT2D eigenvalue weighted by Gasteiger charge is 2.40. The highest BCUT2D eigenvalue weighted by atomic mass is 16.2. The minimum atomic E-state index is -1.12. The topological polar surface area (TPSA) is 257 Å². The van der Waals surface area contributed by atoms with Gasteiger partial charge < -0.3 is 47.9 Å². The van der Waals surface area contributed by atoms with Crippen LogP contribution in [-0.4, -0.2) is 108 Å². The lowest BCUT2D eigenvalue weighted by molar-refractivity contribution is -0.142. The zero-order valence-corrected chi connectivity index (χ0v) is 35.7. The average Bonchev–Trinajstić information content (AvgIpc) is 3.76. The van der Waals surface area contributed by atoms with Gasteiger partial charge in [0.2, 0.25) is 41.4 Å². The lowest BCUT2D eigenvalue weighted by atomic mass is 9.84. The first-order valence-electron chi connectivity index (χ1n) is 22.1. The van der Waals surface area contributed by atoms with Crippen molar-refractivity contribution in [2.75, 3.05) is 19.6 Å². The van der Waals surface area contributed by atoms with Gasteiger partial charge in [0.05, 0.1) is 0 Å². The fourth-order valence-corrected chi connectivity index (χ4v) is 8.64. The highest BCUT2D eigenvalue weighted by molar-refractivity contribution is 5.97. The maximum atomic E-state index is 14.5. The lowest BCUT2D eigenvalue weighted by Crippen LogP contribution is -2.60. The van der Waals surface area contributed by atoms with Crippen LogP contribution in [0.25, 0.3) is 0 Å². The summed E-state index contributed by atoms with van der Waals surface area (Å²) in [6.45, 7) is 1.90. The van der Waals surface area contributed by atoms with Gasteiger partial charge in [-0.25, -0.2) is 0 Å². The van der Waals surface area contributed by atoms with Gasteiger partial charge in [-0.05, 0) is 62.0 Å². The number of carbonyl (C=O) groups is 7. The molecule has 2 aromatic carbocycles. The van der Waals surface area contributed by atoms with Crippen LogP contribution < -0.4 is 43.0 Å². The van der Waals surface area contributed by atoms with Crippen molar-refractivity contribution in [1.29, 1.82) is 5.41 Å². The van der Waals surface area contributed by atoms with E-state index < -0.39 is 77.6 Å². The predicted octanol–water partition coefficient (Wildman–Crippen LogP) is 1.05. The zero-order chi connectivity index (χ0) is 44.4. The van der Waals surface area contributed by atoms with Crippen molar-refractivity contribution in [3.05, 3.63) is 71.8 Å². The molecule has 2 aliphatic heterocycles. The van der Waals surface area contributed by atoms with Crippen molar-refractivity contribution in [2.45, 2.75) is 133 Å². The molecule has 17 nitrogen and oxygen atoms in total. The summed E-state index contributed by atoms with van der Waals surface area (Å²) in [6, 6.07) is 12.2. The number of guanidine groups is 1. The number of hydrogen-bond donors (Lipinski definition) is 9. The van der Waals surface area contributed by atoms with Crippen LogP contribution in [0.1, 0.15) is 95.1 Å². The van der Waals surface area contributed by atoms with Gasteiger partial charge in [-0.1, -0.05) is 92.8 Å². The minimum Gasteiger partial charge on any atom is -0.370 e. The van der Waals surface area contributed by atoms with Gasteiger partial charge in [0, 0.05) is 39.4 Å². The number of nitrogens with one attached hydrogen (secondary N) is 8. The molecule has 6 atom stereocenters. The third kappa shape index (κ3) is 14.6. The fraction of sp³-hybridized carbons (Fsp3) is 0.556. The highest BCUT2D eigenvalue weighted by Crippen LogP contribution is 2.28. The van der Waals surface area contributed by atoms with E-state index in [0.717, 1.165) is 43.2 Å². The van der Waals surface area contributed by atoms with E-state index in [9.17, 15) is 33.6 Å². The molecule has 2 aromatic rings. The van der Waals surface area contributed by atoms with E-state index in [1.54, 1.807) is 0 Å². The van der Waals surface area contributed by atoms with Crippen molar-refractivity contribution in [2.24, 2.45) is 11.7 Å². The molecular formula is C45H64N10O7. The van der Waals surface area contributed by atoms with Crippen LogP contribution in [0.2, 0.25) is 0 Å². The van der Waals surface area contributed by atoms with Crippen molar-refractivity contribution in [3.63, 3.8) is 0 Å². The van der Waals surface area contributed by atoms with E-state index in [4.69, 9.17) is 11.1 Å². The van der Waals surface area contributed by atoms with E-state index in [1.165, 1.54) is 11.8 Å². The Balaban J connectivity index is 1.45. The number of hydrogen-bond acceptors (Lipinski definition) is 8. The second-order valence-corrected chi connectivity index (χ2v) is 16.7. The maximum Gasteiger partial charge on any atom is 0.245 e. The molecule has 1 saturated carbocycles. The smallest absolute Gasteiger partial charge is 0.245 e. The second kappa shape index (κ2) is 23.9. The van der Waals surface area contributed by atoms with E-state index in [0.29, 0.717) is 25.7 Å². The SMILES string of the molecule is CC(=O)N[C@@H](Cc1ccccc1)C(=O)NC1CCCNC(=O)[C@H](CCCNC(=N)N)NC(=O)[C@H](Cc2ccccc2)NC(=O)[C@@H](CC2CCCCC2)NC(=O)[C@@H]2CCCN2C1=O. The molecule has 1 aliphatic carbocycles. The molecule has 2 saturated heterocycles. The van der Waals surface area contributed by atoms with Gasteiger partial charge >= 0.3 is 0 Å². The summed E-state index contributed by atoms with van der Waals surface area (Å²) in [5.41, 5.74) is 7.05. The Morgan fingerprint density at radius 1 is 0.774 bits per heavy atom. The summed E-state index contributed by atoms with van der Waals surface area (Å²) in [5, 5.41) is 27.4. The van der Waals surface area contributed by atoms with Gasteiger partial charge in [0.15, 0.2) is 5.96 Å². The number of benzene rings is 2. The summed E-state index contributed by atoms with van der Waals surface area (Å²) in [4.78, 5) is 98.9. The van der Waals surface area contributed by atoms with Crippen molar-refractivity contribution < 1.29 is 33.6 Å². The molecule has 3 aliphatic rings. The van der Waals surface area contributed by atoms with Crippen LogP contribution in [0.4, 0.5) is 0 Å². The fourth-order valence-electron chi connectivity index (χ4n) is 8.64. The van der Waals surface area contributed by atoms with Crippen molar-refractivity contribution in [3.8, 4) is 0 Å². The number of fused-ring (bicyclic) bond motifs is 1. The number of amides is 7. The van der Waals surface area contributed by atoms with Gasteiger partial charge in [-0.3, -0.25) is 39.0 Å². The monoisotopic (exact) mass is 856 g/mol. The lowest BCUT2D eigenvalue weighted by Gasteiger charge is -2.32. The number of carbonyl (C=O) groups excluding carboxylic acids is 7. The van der Waals surface area contributed by atoms with E-state index >= 15 is 0 Å². The predicted molar refractivity (Wildman–Crippen MR) is 233 cm³/mol. The molecule has 3 fully saturated rings. The Bertz CT molecular complexity index is 1860. The molecule has 2 heterocycles. The molecule has 10 N–H and O–H groups in total. The third-order valence-electron chi connectivity index (χ3n) is 11.9. The summed E-state index contributed by atoms with van der Waals surface area (Å²) in [6.07, 6.45) is 7.23. The molecule has 7 amide bonds. The van der Waals surface area contributed by atoms with E-state index in [2.05, 4.69) is 37.2 Å². The second-order valence-electron chi connectivity index (χ2n) is 16.7. The van der Waals surface area contributed by atoms with Crippen molar-refractivity contribution >= 4 is 47.3 Å². The molecular weight excluding hydrogens is 793 g/mol. The van der Waals surface area contributed by atoms with Crippen LogP contribution >= 0.6 is 0 Å². The Morgan fingerprint density at radius 3 is 2.10 bits per heavy atom. The molecule has 0 spiro atoms. The first-order valence-corrected chi connectivity index (χ1v) is 22.1. The summed E-state index contributed by atoms with van der Waals surface area (Å²) in [5.74, 6) is -3.67. The third-order valence-corrected chi connectivity index (χ3v) is 11.9. The normalized spacial score (nSPS) is 23.9. The van der Waals surface area contributed by atoms with E-state index in [1.807, 2.05) is 60.7 Å². The largest absolute Gasteiger partial charge is 0.370 e. The Kier molecular flexibility index (Phi) is 18.1. The van der Waals surface area contributed by atoms with Gasteiger partial charge in [0.1, 0.15) is 36.3 Å². The zero-order valence-electron chi connectivity index (χ0n) is 35.7.